The number of hydrogen-bond donors (Lipinski definition) is 2. The first-order valence-electron chi connectivity index (χ1n) is 11.9. The topological polar surface area (TPSA) is 95.9 Å². The third-order valence-electron chi connectivity index (χ3n) is 6.97. The number of benzene rings is 1. The normalized spacial score (nSPS) is 21.8. The van der Waals surface area contributed by atoms with Gasteiger partial charge in [0.25, 0.3) is 0 Å². The molecule has 7 heteroatoms. The summed E-state index contributed by atoms with van der Waals surface area (Å²) in [4.78, 5) is 39.8. The SMILES string of the molecule is CCOC(=O)[C@H](CCc1ccccc1)NC(C)C(=O)N1[C@H](C(=O)O)CCC12CCCCC2. The number of aliphatic carboxylic acids is 1. The van der Waals surface area contributed by atoms with Crippen molar-refractivity contribution in [3.8, 4) is 0 Å². The van der Waals surface area contributed by atoms with Crippen molar-refractivity contribution in [2.45, 2.75) is 95.3 Å². The van der Waals surface area contributed by atoms with Crippen LogP contribution in [0.25, 0.3) is 0 Å². The molecule has 176 valence electrons. The summed E-state index contributed by atoms with van der Waals surface area (Å²) in [6.07, 6.45) is 7.24. The van der Waals surface area contributed by atoms with Gasteiger partial charge in [-0.2, -0.15) is 0 Å². The number of aryl methyl sites for hydroxylation is 1. The van der Waals surface area contributed by atoms with Crippen LogP contribution in [0.5, 0.6) is 0 Å². The maximum Gasteiger partial charge on any atom is 0.326 e. The number of carbonyl (C=O) groups excluding carboxylic acids is 2. The van der Waals surface area contributed by atoms with Gasteiger partial charge in [0, 0.05) is 5.54 Å². The molecule has 0 radical (unpaired) electrons. The molecule has 0 bridgehead atoms. The second kappa shape index (κ2) is 10.9. The van der Waals surface area contributed by atoms with E-state index < -0.39 is 24.1 Å². The molecule has 1 saturated carbocycles. The molecule has 1 spiro atoms. The minimum atomic E-state index is -0.945. The van der Waals surface area contributed by atoms with Crippen molar-refractivity contribution in [3.05, 3.63) is 35.9 Å². The summed E-state index contributed by atoms with van der Waals surface area (Å²) in [5.41, 5.74) is 0.742. The second-order valence-electron chi connectivity index (χ2n) is 9.10. The first-order valence-corrected chi connectivity index (χ1v) is 11.9. The van der Waals surface area contributed by atoms with Crippen molar-refractivity contribution in [3.63, 3.8) is 0 Å². The summed E-state index contributed by atoms with van der Waals surface area (Å²) in [7, 11) is 0. The number of carboxylic acid groups (broad SMARTS) is 1. The van der Waals surface area contributed by atoms with E-state index in [4.69, 9.17) is 4.74 Å². The van der Waals surface area contributed by atoms with E-state index in [-0.39, 0.29) is 24.0 Å². The minimum Gasteiger partial charge on any atom is -0.480 e. The Morgan fingerprint density at radius 3 is 2.47 bits per heavy atom. The van der Waals surface area contributed by atoms with Crippen LogP contribution in [0.2, 0.25) is 0 Å². The van der Waals surface area contributed by atoms with Crippen molar-refractivity contribution in [1.29, 1.82) is 0 Å². The number of ether oxygens (including phenoxy) is 1. The van der Waals surface area contributed by atoms with Crippen LogP contribution in [0.3, 0.4) is 0 Å². The van der Waals surface area contributed by atoms with Gasteiger partial charge in [-0.1, -0.05) is 49.6 Å². The molecule has 1 saturated heterocycles. The average Bonchev–Trinajstić information content (AvgIpc) is 3.15. The molecule has 7 nitrogen and oxygen atoms in total. The highest BCUT2D eigenvalue weighted by molar-refractivity contribution is 5.89. The van der Waals surface area contributed by atoms with Gasteiger partial charge in [-0.05, 0) is 57.9 Å². The van der Waals surface area contributed by atoms with Crippen LogP contribution in [-0.2, 0) is 25.5 Å². The Bertz CT molecular complexity index is 791. The summed E-state index contributed by atoms with van der Waals surface area (Å²) in [5, 5.41) is 13.0. The van der Waals surface area contributed by atoms with E-state index in [0.717, 1.165) is 44.1 Å². The molecule has 2 N–H and O–H groups in total. The molecule has 1 aliphatic carbocycles. The third kappa shape index (κ3) is 5.49. The van der Waals surface area contributed by atoms with E-state index in [0.29, 0.717) is 19.3 Å². The molecule has 1 aromatic rings. The van der Waals surface area contributed by atoms with Crippen molar-refractivity contribution in [2.24, 2.45) is 0 Å². The molecule has 3 atom stereocenters. The number of hydrogen-bond acceptors (Lipinski definition) is 5. The van der Waals surface area contributed by atoms with Gasteiger partial charge in [0.1, 0.15) is 12.1 Å². The fraction of sp³-hybridized carbons (Fsp3) is 0.640. The molecule has 1 unspecified atom stereocenters. The number of rotatable bonds is 9. The Morgan fingerprint density at radius 2 is 1.84 bits per heavy atom. The van der Waals surface area contributed by atoms with Gasteiger partial charge < -0.3 is 14.7 Å². The number of carboxylic acids is 1. The van der Waals surface area contributed by atoms with Crippen LogP contribution >= 0.6 is 0 Å². The number of likely N-dealkylation sites (tertiary alicyclic amines) is 1. The molecule has 32 heavy (non-hydrogen) atoms. The highest BCUT2D eigenvalue weighted by Gasteiger charge is 2.52. The minimum absolute atomic E-state index is 0.231. The lowest BCUT2D eigenvalue weighted by molar-refractivity contribution is -0.155. The predicted molar refractivity (Wildman–Crippen MR) is 121 cm³/mol. The van der Waals surface area contributed by atoms with Crippen molar-refractivity contribution in [2.75, 3.05) is 6.61 Å². The van der Waals surface area contributed by atoms with Gasteiger partial charge in [0.2, 0.25) is 5.91 Å². The van der Waals surface area contributed by atoms with E-state index in [1.54, 1.807) is 18.7 Å². The van der Waals surface area contributed by atoms with Crippen LogP contribution in [0, 0.1) is 0 Å². The monoisotopic (exact) mass is 444 g/mol. The number of nitrogens with one attached hydrogen (secondary N) is 1. The van der Waals surface area contributed by atoms with Crippen molar-refractivity contribution >= 4 is 17.8 Å². The summed E-state index contributed by atoms with van der Waals surface area (Å²) >= 11 is 0. The number of amides is 1. The zero-order valence-electron chi connectivity index (χ0n) is 19.2. The standard InChI is InChI=1S/C25H36N2O5/c1-3-32-24(31)20(13-12-19-10-6-4-7-11-19)26-18(2)22(28)27-21(23(29)30)14-17-25(27)15-8-5-9-16-25/h4,6-7,10-11,18,20-21,26H,3,5,8-9,12-17H2,1-2H3,(H,29,30)/t18?,20-,21-/m0/s1. The second-order valence-corrected chi connectivity index (χ2v) is 9.10. The fourth-order valence-corrected chi connectivity index (χ4v) is 5.36. The van der Waals surface area contributed by atoms with E-state index in [1.165, 1.54) is 0 Å². The largest absolute Gasteiger partial charge is 0.480 e. The van der Waals surface area contributed by atoms with E-state index in [9.17, 15) is 19.5 Å². The van der Waals surface area contributed by atoms with Crippen LogP contribution in [0.4, 0.5) is 0 Å². The van der Waals surface area contributed by atoms with Gasteiger partial charge in [-0.25, -0.2) is 4.79 Å². The molecule has 0 aromatic heterocycles. The predicted octanol–water partition coefficient (Wildman–Crippen LogP) is 3.31. The smallest absolute Gasteiger partial charge is 0.326 e. The van der Waals surface area contributed by atoms with E-state index in [1.807, 2.05) is 30.3 Å². The third-order valence-corrected chi connectivity index (χ3v) is 6.97. The number of nitrogens with zero attached hydrogens (tertiary/aromatic N) is 1. The molecular weight excluding hydrogens is 408 g/mol. The summed E-state index contributed by atoms with van der Waals surface area (Å²) in [6.45, 7) is 3.75. The van der Waals surface area contributed by atoms with Gasteiger partial charge in [0.15, 0.2) is 0 Å². The van der Waals surface area contributed by atoms with E-state index >= 15 is 0 Å². The van der Waals surface area contributed by atoms with Gasteiger partial charge in [-0.3, -0.25) is 14.9 Å². The first kappa shape index (κ1) is 24.2. The molecule has 2 fully saturated rings. The molecule has 2 aliphatic rings. The lowest BCUT2D eigenvalue weighted by Gasteiger charge is -2.44. The van der Waals surface area contributed by atoms with Crippen molar-refractivity contribution < 1.29 is 24.2 Å². The number of carbonyl (C=O) groups is 3. The van der Waals surface area contributed by atoms with Gasteiger partial charge >= 0.3 is 11.9 Å². The van der Waals surface area contributed by atoms with Crippen molar-refractivity contribution in [1.82, 2.24) is 10.2 Å². The zero-order valence-corrected chi connectivity index (χ0v) is 19.2. The Kier molecular flexibility index (Phi) is 8.29. The highest BCUT2D eigenvalue weighted by Crippen LogP contribution is 2.44. The summed E-state index contributed by atoms with van der Waals surface area (Å²) in [5.74, 6) is -1.56. The van der Waals surface area contributed by atoms with Crippen LogP contribution in [-0.4, -0.2) is 58.1 Å². The molecule has 1 aliphatic heterocycles. The maximum absolute atomic E-state index is 13.6. The Labute approximate surface area is 190 Å². The van der Waals surface area contributed by atoms with E-state index in [2.05, 4.69) is 5.32 Å². The maximum atomic E-state index is 13.6. The number of esters is 1. The van der Waals surface area contributed by atoms with Gasteiger partial charge in [-0.15, -0.1) is 0 Å². The summed E-state index contributed by atoms with van der Waals surface area (Å²) < 4.78 is 5.25. The van der Waals surface area contributed by atoms with Crippen LogP contribution in [0.1, 0.15) is 70.8 Å². The first-order chi connectivity index (χ1) is 15.4. The summed E-state index contributed by atoms with van der Waals surface area (Å²) in [6, 6.07) is 7.75. The van der Waals surface area contributed by atoms with Gasteiger partial charge in [0.05, 0.1) is 12.6 Å². The Morgan fingerprint density at radius 1 is 1.16 bits per heavy atom. The molecular formula is C25H36N2O5. The quantitative estimate of drug-likeness (QED) is 0.568. The van der Waals surface area contributed by atoms with Crippen LogP contribution in [0.15, 0.2) is 30.3 Å². The molecule has 1 amide bonds. The van der Waals surface area contributed by atoms with Crippen LogP contribution < -0.4 is 5.32 Å². The Hall–Kier alpha value is -2.41. The molecule has 1 aromatic carbocycles. The fourth-order valence-electron chi connectivity index (χ4n) is 5.36. The highest BCUT2D eigenvalue weighted by atomic mass is 16.5. The average molecular weight is 445 g/mol. The lowest BCUT2D eigenvalue weighted by Crippen LogP contribution is -2.59. The zero-order chi connectivity index (χ0) is 23.1. The molecule has 3 rings (SSSR count). The molecule has 1 heterocycles. The Balaban J connectivity index is 1.74. The lowest BCUT2D eigenvalue weighted by atomic mass is 9.79.